The third kappa shape index (κ3) is 2.27. The number of rotatable bonds is 5. The monoisotopic (exact) mass is 269 g/mol. The highest BCUT2D eigenvalue weighted by Gasteiger charge is 2.29. The van der Waals surface area contributed by atoms with Crippen molar-refractivity contribution in [3.63, 3.8) is 0 Å². The predicted octanol–water partition coefficient (Wildman–Crippen LogP) is 3.11. The summed E-state index contributed by atoms with van der Waals surface area (Å²) >= 11 is 0. The summed E-state index contributed by atoms with van der Waals surface area (Å²) in [6, 6.07) is 9.24. The van der Waals surface area contributed by atoms with Gasteiger partial charge >= 0.3 is 0 Å². The van der Waals surface area contributed by atoms with Crippen LogP contribution in [0.5, 0.6) is 0 Å². The van der Waals surface area contributed by atoms with Crippen molar-refractivity contribution in [2.45, 2.75) is 38.6 Å². The zero-order valence-electron chi connectivity index (χ0n) is 12.6. The number of nitrogens with one attached hydrogen (secondary N) is 1. The Balaban J connectivity index is 1.78. The Labute approximate surface area is 121 Å². The van der Waals surface area contributed by atoms with Gasteiger partial charge in [-0.25, -0.2) is 0 Å². The molecule has 0 saturated carbocycles. The molecule has 0 fully saturated rings. The minimum atomic E-state index is 0.409. The van der Waals surface area contributed by atoms with Crippen molar-refractivity contribution in [3.8, 4) is 0 Å². The van der Waals surface area contributed by atoms with Gasteiger partial charge in [0.15, 0.2) is 0 Å². The maximum atomic E-state index is 4.39. The molecule has 3 heteroatoms. The quantitative estimate of drug-likeness (QED) is 0.904. The highest BCUT2D eigenvalue weighted by atomic mass is 15.3. The molecule has 2 aromatic rings. The summed E-state index contributed by atoms with van der Waals surface area (Å²) < 4.78 is 1.97. The van der Waals surface area contributed by atoms with Crippen LogP contribution < -0.4 is 5.32 Å². The third-order valence-electron chi connectivity index (χ3n) is 4.58. The summed E-state index contributed by atoms with van der Waals surface area (Å²) in [6.07, 6.45) is 4.40. The second-order valence-corrected chi connectivity index (χ2v) is 5.75. The van der Waals surface area contributed by atoms with E-state index < -0.39 is 0 Å². The van der Waals surface area contributed by atoms with Gasteiger partial charge in [-0.2, -0.15) is 5.10 Å². The second kappa shape index (κ2) is 5.41. The number of nitrogens with zero attached hydrogens (tertiary/aromatic N) is 2. The van der Waals surface area contributed by atoms with Gasteiger partial charge in [-0.05, 0) is 43.4 Å². The van der Waals surface area contributed by atoms with E-state index in [1.165, 1.54) is 28.8 Å². The molecule has 3 rings (SSSR count). The van der Waals surface area contributed by atoms with Gasteiger partial charge in [0.25, 0.3) is 0 Å². The smallest absolute Gasteiger partial charge is 0.0540 e. The number of aromatic nitrogens is 2. The molecule has 0 radical (unpaired) electrons. The Morgan fingerprint density at radius 3 is 2.85 bits per heavy atom. The van der Waals surface area contributed by atoms with E-state index in [9.17, 15) is 0 Å². The number of aryl methyl sites for hydroxylation is 1. The van der Waals surface area contributed by atoms with E-state index in [2.05, 4.69) is 48.5 Å². The summed E-state index contributed by atoms with van der Waals surface area (Å²) in [5.41, 5.74) is 5.68. The number of hydrogen-bond acceptors (Lipinski definition) is 2. The van der Waals surface area contributed by atoms with Crippen LogP contribution in [0.3, 0.4) is 0 Å². The minimum absolute atomic E-state index is 0.409. The topological polar surface area (TPSA) is 29.9 Å². The molecule has 1 N–H and O–H groups in total. The summed E-state index contributed by atoms with van der Waals surface area (Å²) in [5.74, 6) is 0.690. The summed E-state index contributed by atoms with van der Waals surface area (Å²) in [7, 11) is 2.01. The molecule has 2 atom stereocenters. The summed E-state index contributed by atoms with van der Waals surface area (Å²) in [6.45, 7) is 5.32. The average Bonchev–Trinajstić information content (AvgIpc) is 2.75. The predicted molar refractivity (Wildman–Crippen MR) is 81.9 cm³/mol. The fourth-order valence-electron chi connectivity index (χ4n) is 3.28. The fraction of sp³-hybridized carbons (Fsp3) is 0.471. The molecule has 1 aromatic heterocycles. The van der Waals surface area contributed by atoms with Gasteiger partial charge in [0.05, 0.1) is 6.20 Å². The largest absolute Gasteiger partial charge is 0.310 e. The first kappa shape index (κ1) is 13.4. The first-order valence-corrected chi connectivity index (χ1v) is 7.50. The van der Waals surface area contributed by atoms with Crippen LogP contribution in [0.1, 0.15) is 47.7 Å². The van der Waals surface area contributed by atoms with Crippen molar-refractivity contribution >= 4 is 0 Å². The Hall–Kier alpha value is -1.61. The maximum absolute atomic E-state index is 4.39. The molecule has 0 aliphatic heterocycles. The van der Waals surface area contributed by atoms with E-state index in [1.807, 2.05) is 17.9 Å². The molecule has 106 valence electrons. The van der Waals surface area contributed by atoms with Crippen molar-refractivity contribution in [2.24, 2.45) is 7.05 Å². The summed E-state index contributed by atoms with van der Waals surface area (Å²) in [5, 5.41) is 8.02. The van der Waals surface area contributed by atoms with Crippen molar-refractivity contribution in [1.82, 2.24) is 15.1 Å². The van der Waals surface area contributed by atoms with Crippen LogP contribution in [0, 0.1) is 6.92 Å². The van der Waals surface area contributed by atoms with Crippen LogP contribution in [-0.2, 0) is 13.5 Å². The molecule has 20 heavy (non-hydrogen) atoms. The molecule has 1 aliphatic rings. The molecule has 2 unspecified atom stereocenters. The number of fused-ring (bicyclic) bond motifs is 1. The maximum Gasteiger partial charge on any atom is 0.0540 e. The normalized spacial score (nSPS) is 18.4. The lowest BCUT2D eigenvalue weighted by Gasteiger charge is -2.33. The van der Waals surface area contributed by atoms with E-state index in [0.717, 1.165) is 13.0 Å². The highest BCUT2D eigenvalue weighted by Crippen LogP contribution is 2.41. The standard InChI is InChI=1S/C17H23N3/c1-4-18-17(16-11-19-20(3)12(16)2)10-14-9-13-7-5-6-8-15(13)14/h5-8,11,14,17-18H,4,9-10H2,1-3H3. The Kier molecular flexibility index (Phi) is 3.62. The van der Waals surface area contributed by atoms with Gasteiger partial charge in [0, 0.05) is 24.3 Å². The number of hydrogen-bond donors (Lipinski definition) is 1. The van der Waals surface area contributed by atoms with E-state index in [-0.39, 0.29) is 0 Å². The van der Waals surface area contributed by atoms with Gasteiger partial charge in [0.1, 0.15) is 0 Å². The van der Waals surface area contributed by atoms with Crippen molar-refractivity contribution in [3.05, 3.63) is 52.8 Å². The van der Waals surface area contributed by atoms with Crippen LogP contribution in [0.15, 0.2) is 30.5 Å². The fourth-order valence-corrected chi connectivity index (χ4v) is 3.28. The van der Waals surface area contributed by atoms with E-state index in [4.69, 9.17) is 0 Å². The molecule has 0 bridgehead atoms. The van der Waals surface area contributed by atoms with E-state index in [0.29, 0.717) is 12.0 Å². The molecule has 3 nitrogen and oxygen atoms in total. The molecular formula is C17H23N3. The van der Waals surface area contributed by atoms with Crippen LogP contribution in [0.2, 0.25) is 0 Å². The van der Waals surface area contributed by atoms with Crippen LogP contribution >= 0.6 is 0 Å². The third-order valence-corrected chi connectivity index (χ3v) is 4.58. The van der Waals surface area contributed by atoms with Crippen LogP contribution in [-0.4, -0.2) is 16.3 Å². The molecule has 1 aromatic carbocycles. The van der Waals surface area contributed by atoms with E-state index in [1.54, 1.807) is 0 Å². The Bertz CT molecular complexity index is 600. The average molecular weight is 269 g/mol. The molecule has 0 saturated heterocycles. The van der Waals surface area contributed by atoms with Crippen molar-refractivity contribution in [2.75, 3.05) is 6.54 Å². The van der Waals surface area contributed by atoms with Crippen molar-refractivity contribution < 1.29 is 0 Å². The molecule has 1 aliphatic carbocycles. The zero-order valence-corrected chi connectivity index (χ0v) is 12.6. The summed E-state index contributed by atoms with van der Waals surface area (Å²) in [4.78, 5) is 0. The molecule has 0 amide bonds. The lowest BCUT2D eigenvalue weighted by Crippen LogP contribution is -2.27. The minimum Gasteiger partial charge on any atom is -0.310 e. The number of benzene rings is 1. The van der Waals surface area contributed by atoms with Crippen LogP contribution in [0.4, 0.5) is 0 Å². The van der Waals surface area contributed by atoms with Gasteiger partial charge < -0.3 is 5.32 Å². The molecule has 1 heterocycles. The zero-order chi connectivity index (χ0) is 14.1. The first-order valence-electron chi connectivity index (χ1n) is 7.50. The van der Waals surface area contributed by atoms with Crippen molar-refractivity contribution in [1.29, 1.82) is 0 Å². The molecule has 0 spiro atoms. The van der Waals surface area contributed by atoms with Crippen LogP contribution in [0.25, 0.3) is 0 Å². The SMILES string of the molecule is CCNC(CC1Cc2ccccc21)c1cnn(C)c1C. The lowest BCUT2D eigenvalue weighted by atomic mass is 9.74. The van der Waals surface area contributed by atoms with Gasteiger partial charge in [-0.1, -0.05) is 31.2 Å². The second-order valence-electron chi connectivity index (χ2n) is 5.75. The van der Waals surface area contributed by atoms with Gasteiger partial charge in [-0.15, -0.1) is 0 Å². The molecular weight excluding hydrogens is 246 g/mol. The Morgan fingerprint density at radius 1 is 1.40 bits per heavy atom. The Morgan fingerprint density at radius 2 is 2.20 bits per heavy atom. The first-order chi connectivity index (χ1) is 9.70. The van der Waals surface area contributed by atoms with Gasteiger partial charge in [-0.3, -0.25) is 4.68 Å². The van der Waals surface area contributed by atoms with E-state index >= 15 is 0 Å². The highest BCUT2D eigenvalue weighted by molar-refractivity contribution is 5.40. The lowest BCUT2D eigenvalue weighted by molar-refractivity contribution is 0.434. The van der Waals surface area contributed by atoms with Gasteiger partial charge in [0.2, 0.25) is 0 Å².